The second-order valence-electron chi connectivity index (χ2n) is 1.97. The van der Waals surface area contributed by atoms with E-state index in [1.807, 2.05) is 6.07 Å². The molecule has 0 saturated heterocycles. The number of aromatic nitrogens is 1. The lowest BCUT2D eigenvalue weighted by atomic mass is 10.4. The fourth-order valence-corrected chi connectivity index (χ4v) is 1.44. The van der Waals surface area contributed by atoms with Crippen LogP contribution in [0.15, 0.2) is 23.2 Å². The molecule has 0 radical (unpaired) electrons. The predicted octanol–water partition coefficient (Wildman–Crippen LogP) is 2.01. The standard InChI is InChI=1S/C8H9NOS/c1-2-11-8-3-4-9-7(5-8)6-10/h3-6H,2H2,1H3. The van der Waals surface area contributed by atoms with Gasteiger partial charge in [0.15, 0.2) is 6.29 Å². The van der Waals surface area contributed by atoms with Gasteiger partial charge < -0.3 is 0 Å². The molecule has 0 bridgehead atoms. The van der Waals surface area contributed by atoms with Crippen LogP contribution >= 0.6 is 11.8 Å². The Kier molecular flexibility index (Phi) is 3.11. The van der Waals surface area contributed by atoms with Gasteiger partial charge in [0.25, 0.3) is 0 Å². The summed E-state index contributed by atoms with van der Waals surface area (Å²) in [7, 11) is 0. The van der Waals surface area contributed by atoms with Gasteiger partial charge in [0.1, 0.15) is 5.69 Å². The third kappa shape index (κ3) is 2.35. The molecule has 0 fully saturated rings. The highest BCUT2D eigenvalue weighted by Crippen LogP contribution is 2.16. The van der Waals surface area contributed by atoms with E-state index in [4.69, 9.17) is 0 Å². The van der Waals surface area contributed by atoms with Gasteiger partial charge in [-0.2, -0.15) is 0 Å². The Hall–Kier alpha value is -0.830. The second-order valence-corrected chi connectivity index (χ2v) is 3.30. The summed E-state index contributed by atoms with van der Waals surface area (Å²) >= 11 is 1.71. The average molecular weight is 167 g/mol. The highest BCUT2D eigenvalue weighted by atomic mass is 32.2. The van der Waals surface area contributed by atoms with Gasteiger partial charge in [-0.3, -0.25) is 9.78 Å². The fraction of sp³-hybridized carbons (Fsp3) is 0.250. The molecule has 1 aromatic rings. The molecule has 1 rings (SSSR count). The van der Waals surface area contributed by atoms with E-state index in [0.717, 1.165) is 16.9 Å². The molecule has 0 aliphatic carbocycles. The zero-order valence-electron chi connectivity index (χ0n) is 6.28. The molecule has 0 N–H and O–H groups in total. The number of hydrogen-bond donors (Lipinski definition) is 0. The average Bonchev–Trinajstić information content (AvgIpc) is 2.06. The van der Waals surface area contributed by atoms with E-state index in [0.29, 0.717) is 5.69 Å². The van der Waals surface area contributed by atoms with Gasteiger partial charge in [-0.05, 0) is 17.9 Å². The molecule has 0 spiro atoms. The molecular weight excluding hydrogens is 158 g/mol. The fourth-order valence-electron chi connectivity index (χ4n) is 0.749. The molecule has 0 aromatic carbocycles. The maximum Gasteiger partial charge on any atom is 0.168 e. The molecule has 58 valence electrons. The lowest BCUT2D eigenvalue weighted by Crippen LogP contribution is -1.85. The zero-order chi connectivity index (χ0) is 8.10. The molecule has 0 atom stereocenters. The lowest BCUT2D eigenvalue weighted by molar-refractivity contribution is 0.111. The summed E-state index contributed by atoms with van der Waals surface area (Å²) in [6.45, 7) is 2.08. The Morgan fingerprint density at radius 3 is 3.18 bits per heavy atom. The van der Waals surface area contributed by atoms with E-state index in [1.54, 1.807) is 24.0 Å². The second kappa shape index (κ2) is 4.13. The minimum atomic E-state index is 0.503. The molecule has 1 aromatic heterocycles. The van der Waals surface area contributed by atoms with Crippen molar-refractivity contribution in [3.63, 3.8) is 0 Å². The van der Waals surface area contributed by atoms with Crippen LogP contribution in [0.4, 0.5) is 0 Å². The number of hydrogen-bond acceptors (Lipinski definition) is 3. The first-order valence-electron chi connectivity index (χ1n) is 3.41. The molecule has 0 amide bonds. The summed E-state index contributed by atoms with van der Waals surface area (Å²) in [5.41, 5.74) is 0.503. The van der Waals surface area contributed by atoms with E-state index < -0.39 is 0 Å². The number of pyridine rings is 1. The summed E-state index contributed by atoms with van der Waals surface area (Å²) in [5.74, 6) is 1.02. The van der Waals surface area contributed by atoms with Crippen LogP contribution in [0.5, 0.6) is 0 Å². The minimum Gasteiger partial charge on any atom is -0.296 e. The Morgan fingerprint density at radius 1 is 1.73 bits per heavy atom. The van der Waals surface area contributed by atoms with Gasteiger partial charge in [-0.15, -0.1) is 11.8 Å². The number of thioether (sulfide) groups is 1. The summed E-state index contributed by atoms with van der Waals surface area (Å²) in [4.78, 5) is 15.3. The first-order valence-corrected chi connectivity index (χ1v) is 4.39. The van der Waals surface area contributed by atoms with Crippen molar-refractivity contribution in [1.29, 1.82) is 0 Å². The number of aldehydes is 1. The molecule has 0 aliphatic rings. The van der Waals surface area contributed by atoms with E-state index >= 15 is 0 Å². The topological polar surface area (TPSA) is 30.0 Å². The third-order valence-corrected chi connectivity index (χ3v) is 2.06. The van der Waals surface area contributed by atoms with Crippen molar-refractivity contribution in [2.45, 2.75) is 11.8 Å². The van der Waals surface area contributed by atoms with Gasteiger partial charge in [0.05, 0.1) is 0 Å². The van der Waals surface area contributed by atoms with Crippen molar-refractivity contribution in [2.24, 2.45) is 0 Å². The van der Waals surface area contributed by atoms with Crippen LogP contribution in [0.3, 0.4) is 0 Å². The summed E-state index contributed by atoms with van der Waals surface area (Å²) in [6.07, 6.45) is 2.42. The van der Waals surface area contributed by atoms with Crippen LogP contribution < -0.4 is 0 Å². The smallest absolute Gasteiger partial charge is 0.168 e. The largest absolute Gasteiger partial charge is 0.296 e. The zero-order valence-corrected chi connectivity index (χ0v) is 7.10. The van der Waals surface area contributed by atoms with Gasteiger partial charge in [-0.25, -0.2) is 0 Å². The van der Waals surface area contributed by atoms with E-state index in [-0.39, 0.29) is 0 Å². The lowest BCUT2D eigenvalue weighted by Gasteiger charge is -1.96. The molecular formula is C8H9NOS. The van der Waals surface area contributed by atoms with Crippen molar-refractivity contribution in [3.8, 4) is 0 Å². The Balaban J connectivity index is 2.82. The van der Waals surface area contributed by atoms with Crippen molar-refractivity contribution in [3.05, 3.63) is 24.0 Å². The van der Waals surface area contributed by atoms with Crippen LogP contribution in [0.2, 0.25) is 0 Å². The molecule has 3 heteroatoms. The van der Waals surface area contributed by atoms with Gasteiger partial charge in [-0.1, -0.05) is 6.92 Å². The third-order valence-electron chi connectivity index (χ3n) is 1.18. The summed E-state index contributed by atoms with van der Waals surface area (Å²) < 4.78 is 0. The number of nitrogens with zero attached hydrogens (tertiary/aromatic N) is 1. The highest BCUT2D eigenvalue weighted by Gasteiger charge is 1.93. The SMILES string of the molecule is CCSc1ccnc(C=O)c1. The molecule has 0 saturated carbocycles. The first-order chi connectivity index (χ1) is 5.36. The molecule has 1 heterocycles. The maximum absolute atomic E-state index is 10.3. The van der Waals surface area contributed by atoms with Crippen LogP contribution in [-0.4, -0.2) is 17.0 Å². The minimum absolute atomic E-state index is 0.503. The number of carbonyl (C=O) groups excluding carboxylic acids is 1. The van der Waals surface area contributed by atoms with Crippen LogP contribution in [0, 0.1) is 0 Å². The Bertz CT molecular complexity index is 250. The Morgan fingerprint density at radius 2 is 2.55 bits per heavy atom. The van der Waals surface area contributed by atoms with Crippen LogP contribution in [0.1, 0.15) is 17.4 Å². The normalized spacial score (nSPS) is 9.55. The van der Waals surface area contributed by atoms with E-state index in [1.165, 1.54) is 0 Å². The molecule has 0 unspecified atom stereocenters. The molecule has 0 aliphatic heterocycles. The van der Waals surface area contributed by atoms with Crippen molar-refractivity contribution in [2.75, 3.05) is 5.75 Å². The number of carbonyl (C=O) groups is 1. The first kappa shape index (κ1) is 8.27. The van der Waals surface area contributed by atoms with Gasteiger partial charge >= 0.3 is 0 Å². The molecule has 11 heavy (non-hydrogen) atoms. The number of rotatable bonds is 3. The van der Waals surface area contributed by atoms with Crippen molar-refractivity contribution < 1.29 is 4.79 Å². The quantitative estimate of drug-likeness (QED) is 0.509. The van der Waals surface area contributed by atoms with E-state index in [2.05, 4.69) is 11.9 Å². The van der Waals surface area contributed by atoms with Gasteiger partial charge in [0.2, 0.25) is 0 Å². The van der Waals surface area contributed by atoms with Crippen molar-refractivity contribution >= 4 is 18.0 Å². The Labute approximate surface area is 70.0 Å². The summed E-state index contributed by atoms with van der Waals surface area (Å²) in [5, 5.41) is 0. The van der Waals surface area contributed by atoms with Crippen molar-refractivity contribution in [1.82, 2.24) is 4.98 Å². The van der Waals surface area contributed by atoms with Gasteiger partial charge in [0, 0.05) is 11.1 Å². The van der Waals surface area contributed by atoms with Crippen LogP contribution in [-0.2, 0) is 0 Å². The summed E-state index contributed by atoms with van der Waals surface area (Å²) in [6, 6.07) is 3.70. The van der Waals surface area contributed by atoms with Crippen LogP contribution in [0.25, 0.3) is 0 Å². The monoisotopic (exact) mass is 167 g/mol. The van der Waals surface area contributed by atoms with E-state index in [9.17, 15) is 4.79 Å². The molecule has 2 nitrogen and oxygen atoms in total. The highest BCUT2D eigenvalue weighted by molar-refractivity contribution is 7.99. The maximum atomic E-state index is 10.3. The predicted molar refractivity (Wildman–Crippen MR) is 46.0 cm³/mol.